The van der Waals surface area contributed by atoms with E-state index in [1.165, 1.54) is 0 Å². The van der Waals surface area contributed by atoms with Crippen LogP contribution in [0.1, 0.15) is 45.6 Å². The Bertz CT molecular complexity index is 1010. The summed E-state index contributed by atoms with van der Waals surface area (Å²) in [5, 5.41) is 16.6. The number of imide groups is 1. The zero-order valence-corrected chi connectivity index (χ0v) is 15.9. The number of aromatic amines is 1. The van der Waals surface area contributed by atoms with E-state index in [9.17, 15) is 14.4 Å². The SMILES string of the molecule is O=C1CCC(N2Cc3c(CNc4n[nH]c5c4CNCC5)cccc3C2=O)C(=O)N1. The van der Waals surface area contributed by atoms with E-state index in [4.69, 9.17) is 0 Å². The number of rotatable bonds is 4. The molecule has 1 unspecified atom stereocenters. The summed E-state index contributed by atoms with van der Waals surface area (Å²) in [6, 6.07) is 5.05. The van der Waals surface area contributed by atoms with Crippen LogP contribution in [-0.2, 0) is 35.6 Å². The van der Waals surface area contributed by atoms with Crippen LogP contribution in [0.2, 0.25) is 0 Å². The molecule has 0 spiro atoms. The van der Waals surface area contributed by atoms with Gasteiger partial charge in [-0.1, -0.05) is 12.1 Å². The molecule has 1 saturated heterocycles. The zero-order valence-electron chi connectivity index (χ0n) is 15.9. The first-order chi connectivity index (χ1) is 14.1. The topological polar surface area (TPSA) is 119 Å². The normalized spacial score (nSPS) is 21.0. The maximum absolute atomic E-state index is 12.9. The van der Waals surface area contributed by atoms with Crippen molar-refractivity contribution in [2.75, 3.05) is 11.9 Å². The molecule has 0 bridgehead atoms. The van der Waals surface area contributed by atoms with Crippen LogP contribution in [0.4, 0.5) is 5.82 Å². The fourth-order valence-electron chi connectivity index (χ4n) is 4.37. The Balaban J connectivity index is 1.35. The number of benzene rings is 1. The van der Waals surface area contributed by atoms with Gasteiger partial charge in [-0.25, -0.2) is 0 Å². The van der Waals surface area contributed by atoms with Crippen LogP contribution >= 0.6 is 0 Å². The quantitative estimate of drug-likeness (QED) is 0.559. The lowest BCUT2D eigenvalue weighted by Gasteiger charge is -2.29. The summed E-state index contributed by atoms with van der Waals surface area (Å²) in [7, 11) is 0. The number of carbonyl (C=O) groups excluding carboxylic acids is 3. The Morgan fingerprint density at radius 1 is 1.17 bits per heavy atom. The molecule has 4 N–H and O–H groups in total. The van der Waals surface area contributed by atoms with Crippen LogP contribution in [0.5, 0.6) is 0 Å². The number of fused-ring (bicyclic) bond motifs is 2. The molecule has 9 heteroatoms. The Labute approximate surface area is 167 Å². The van der Waals surface area contributed by atoms with Gasteiger partial charge in [0.1, 0.15) is 6.04 Å². The second-order valence-electron chi connectivity index (χ2n) is 7.65. The number of nitrogens with zero attached hydrogens (tertiary/aromatic N) is 2. The van der Waals surface area contributed by atoms with Gasteiger partial charge in [-0.15, -0.1) is 0 Å². The van der Waals surface area contributed by atoms with E-state index in [2.05, 4.69) is 26.1 Å². The summed E-state index contributed by atoms with van der Waals surface area (Å²) in [5.74, 6) is 0.00343. The number of carbonyl (C=O) groups is 3. The fourth-order valence-corrected chi connectivity index (χ4v) is 4.37. The summed E-state index contributed by atoms with van der Waals surface area (Å²) in [6.07, 6.45) is 1.55. The lowest BCUT2D eigenvalue weighted by molar-refractivity contribution is -0.136. The zero-order chi connectivity index (χ0) is 20.0. The number of hydrogen-bond donors (Lipinski definition) is 4. The van der Waals surface area contributed by atoms with E-state index >= 15 is 0 Å². The van der Waals surface area contributed by atoms with Crippen molar-refractivity contribution in [2.24, 2.45) is 0 Å². The summed E-state index contributed by atoms with van der Waals surface area (Å²) in [4.78, 5) is 38.2. The summed E-state index contributed by atoms with van der Waals surface area (Å²) in [5.41, 5.74) is 4.87. The first kappa shape index (κ1) is 17.9. The number of amides is 3. The Hall–Kier alpha value is -3.20. The van der Waals surface area contributed by atoms with Crippen molar-refractivity contribution in [3.8, 4) is 0 Å². The largest absolute Gasteiger partial charge is 0.364 e. The molecule has 0 radical (unpaired) electrons. The molecule has 3 aliphatic rings. The highest BCUT2D eigenvalue weighted by atomic mass is 16.2. The van der Waals surface area contributed by atoms with Gasteiger partial charge in [0, 0.05) is 55.8 Å². The smallest absolute Gasteiger partial charge is 0.255 e. The van der Waals surface area contributed by atoms with Crippen LogP contribution in [0.15, 0.2) is 18.2 Å². The predicted molar refractivity (Wildman–Crippen MR) is 104 cm³/mol. The number of nitrogens with one attached hydrogen (secondary N) is 4. The highest BCUT2D eigenvalue weighted by Gasteiger charge is 2.39. The van der Waals surface area contributed by atoms with Crippen molar-refractivity contribution < 1.29 is 14.4 Å². The minimum atomic E-state index is -0.599. The van der Waals surface area contributed by atoms with E-state index in [0.29, 0.717) is 25.1 Å². The van der Waals surface area contributed by atoms with Gasteiger partial charge in [0.2, 0.25) is 11.8 Å². The number of piperidine rings is 1. The highest BCUT2D eigenvalue weighted by molar-refractivity contribution is 6.05. The molecule has 4 heterocycles. The van der Waals surface area contributed by atoms with Crippen molar-refractivity contribution in [3.05, 3.63) is 46.1 Å². The molecule has 1 aromatic heterocycles. The second-order valence-corrected chi connectivity index (χ2v) is 7.65. The van der Waals surface area contributed by atoms with Gasteiger partial charge in [0.25, 0.3) is 5.91 Å². The number of hydrogen-bond acceptors (Lipinski definition) is 6. The molecule has 0 aliphatic carbocycles. The van der Waals surface area contributed by atoms with Crippen molar-refractivity contribution in [1.29, 1.82) is 0 Å². The van der Waals surface area contributed by atoms with Crippen LogP contribution < -0.4 is 16.0 Å². The van der Waals surface area contributed by atoms with Crippen molar-refractivity contribution in [1.82, 2.24) is 25.7 Å². The lowest BCUT2D eigenvalue weighted by atomic mass is 10.0. The van der Waals surface area contributed by atoms with E-state index in [-0.39, 0.29) is 18.2 Å². The van der Waals surface area contributed by atoms with E-state index < -0.39 is 11.9 Å². The van der Waals surface area contributed by atoms with Gasteiger partial charge < -0.3 is 15.5 Å². The molecular weight excluding hydrogens is 372 g/mol. The molecule has 1 aromatic carbocycles. The van der Waals surface area contributed by atoms with Crippen LogP contribution in [0.25, 0.3) is 0 Å². The Kier molecular flexibility index (Phi) is 4.31. The van der Waals surface area contributed by atoms with Gasteiger partial charge >= 0.3 is 0 Å². The van der Waals surface area contributed by atoms with Gasteiger partial charge in [-0.2, -0.15) is 5.10 Å². The average Bonchev–Trinajstić information content (AvgIpc) is 3.28. The molecule has 29 heavy (non-hydrogen) atoms. The van der Waals surface area contributed by atoms with Crippen molar-refractivity contribution in [3.63, 3.8) is 0 Å². The highest BCUT2D eigenvalue weighted by Crippen LogP contribution is 2.30. The summed E-state index contributed by atoms with van der Waals surface area (Å²) >= 11 is 0. The first-order valence-electron chi connectivity index (χ1n) is 9.88. The van der Waals surface area contributed by atoms with E-state index in [1.807, 2.05) is 12.1 Å². The minimum Gasteiger partial charge on any atom is -0.364 e. The van der Waals surface area contributed by atoms with Crippen molar-refractivity contribution in [2.45, 2.75) is 44.9 Å². The maximum Gasteiger partial charge on any atom is 0.255 e. The van der Waals surface area contributed by atoms with Crippen LogP contribution in [-0.4, -0.2) is 45.4 Å². The van der Waals surface area contributed by atoms with E-state index in [0.717, 1.165) is 47.7 Å². The first-order valence-corrected chi connectivity index (χ1v) is 9.88. The fraction of sp³-hybridized carbons (Fsp3) is 0.400. The van der Waals surface area contributed by atoms with Gasteiger partial charge in [-0.3, -0.25) is 24.8 Å². The predicted octanol–water partition coefficient (Wildman–Crippen LogP) is 0.429. The molecule has 150 valence electrons. The Morgan fingerprint density at radius 3 is 2.93 bits per heavy atom. The molecule has 3 amide bonds. The standard InChI is InChI=1S/C20H22N6O3/c27-17-5-4-16(19(28)23-17)26-10-14-11(2-1-3-12(14)20(26)29)8-22-18-13-9-21-7-6-15(13)24-25-18/h1-3,16,21H,4-10H2,(H2,22,24,25)(H,23,27,28). The maximum atomic E-state index is 12.9. The van der Waals surface area contributed by atoms with Gasteiger partial charge in [0.05, 0.1) is 0 Å². The molecule has 5 rings (SSSR count). The molecule has 3 aliphatic heterocycles. The van der Waals surface area contributed by atoms with Crippen LogP contribution in [0.3, 0.4) is 0 Å². The molecular formula is C20H22N6O3. The third kappa shape index (κ3) is 3.07. The molecule has 1 atom stereocenters. The monoisotopic (exact) mass is 394 g/mol. The average molecular weight is 394 g/mol. The Morgan fingerprint density at radius 2 is 2.07 bits per heavy atom. The second kappa shape index (κ2) is 7.00. The van der Waals surface area contributed by atoms with Gasteiger partial charge in [-0.05, 0) is 23.6 Å². The lowest BCUT2D eigenvalue weighted by Crippen LogP contribution is -2.52. The number of aromatic nitrogens is 2. The number of H-pyrrole nitrogens is 1. The number of anilines is 1. The van der Waals surface area contributed by atoms with Gasteiger partial charge in [0.15, 0.2) is 5.82 Å². The molecule has 1 fully saturated rings. The molecule has 2 aromatic rings. The third-order valence-electron chi connectivity index (χ3n) is 5.93. The van der Waals surface area contributed by atoms with Crippen LogP contribution in [0, 0.1) is 0 Å². The summed E-state index contributed by atoms with van der Waals surface area (Å²) < 4.78 is 0. The molecule has 9 nitrogen and oxygen atoms in total. The summed E-state index contributed by atoms with van der Waals surface area (Å²) in [6.45, 7) is 2.64. The molecule has 0 saturated carbocycles. The van der Waals surface area contributed by atoms with Crippen molar-refractivity contribution >= 4 is 23.5 Å². The third-order valence-corrected chi connectivity index (χ3v) is 5.93. The minimum absolute atomic E-state index is 0.155. The van der Waals surface area contributed by atoms with E-state index in [1.54, 1.807) is 11.0 Å².